The standard InChI is InChI=1S/C17H14BrN5O3/c1-11-16(18)17(20-19-11)12-5-4-6-13(9-12)21-22(10-24)14-7-2-3-8-15(14)23(25)26/h2-10,21H,1H3,(H,19,20). The fourth-order valence-electron chi connectivity index (χ4n) is 2.45. The lowest BCUT2D eigenvalue weighted by molar-refractivity contribution is -0.384. The van der Waals surface area contributed by atoms with Crippen LogP contribution in [0.5, 0.6) is 0 Å². The lowest BCUT2D eigenvalue weighted by atomic mass is 10.1. The molecule has 0 aliphatic rings. The number of rotatable bonds is 6. The lowest BCUT2D eigenvalue weighted by Crippen LogP contribution is -2.28. The normalized spacial score (nSPS) is 10.4. The second kappa shape index (κ2) is 7.36. The summed E-state index contributed by atoms with van der Waals surface area (Å²) in [7, 11) is 0. The minimum atomic E-state index is -0.534. The monoisotopic (exact) mass is 415 g/mol. The van der Waals surface area contributed by atoms with E-state index in [1.807, 2.05) is 13.0 Å². The van der Waals surface area contributed by atoms with E-state index in [0.717, 1.165) is 26.4 Å². The van der Waals surface area contributed by atoms with E-state index < -0.39 is 4.92 Å². The number of halogens is 1. The van der Waals surface area contributed by atoms with Crippen molar-refractivity contribution >= 4 is 39.4 Å². The number of para-hydroxylation sites is 2. The number of benzene rings is 2. The van der Waals surface area contributed by atoms with Crippen molar-refractivity contribution in [2.45, 2.75) is 6.92 Å². The molecule has 1 amide bonds. The number of nitrogens with zero attached hydrogens (tertiary/aromatic N) is 3. The van der Waals surface area contributed by atoms with Gasteiger partial charge in [-0.15, -0.1) is 0 Å². The number of amides is 1. The zero-order chi connectivity index (χ0) is 18.7. The molecule has 0 aliphatic heterocycles. The summed E-state index contributed by atoms with van der Waals surface area (Å²) in [5.41, 5.74) is 5.89. The summed E-state index contributed by atoms with van der Waals surface area (Å²) in [4.78, 5) is 22.2. The molecule has 8 nitrogen and oxygen atoms in total. The minimum Gasteiger partial charge on any atom is -0.291 e. The topological polar surface area (TPSA) is 104 Å². The summed E-state index contributed by atoms with van der Waals surface area (Å²) in [6.45, 7) is 1.89. The summed E-state index contributed by atoms with van der Waals surface area (Å²) >= 11 is 3.48. The van der Waals surface area contributed by atoms with Gasteiger partial charge in [-0.2, -0.15) is 5.10 Å². The number of carbonyl (C=O) groups excluding carboxylic acids is 1. The van der Waals surface area contributed by atoms with Crippen molar-refractivity contribution in [3.63, 3.8) is 0 Å². The third-order valence-electron chi connectivity index (χ3n) is 3.70. The van der Waals surface area contributed by atoms with Crippen molar-refractivity contribution < 1.29 is 9.72 Å². The Morgan fingerprint density at radius 3 is 2.69 bits per heavy atom. The van der Waals surface area contributed by atoms with Crippen LogP contribution in [0, 0.1) is 17.0 Å². The maximum atomic E-state index is 11.5. The van der Waals surface area contributed by atoms with Crippen LogP contribution >= 0.6 is 15.9 Å². The molecule has 132 valence electrons. The van der Waals surface area contributed by atoms with Gasteiger partial charge in [0.2, 0.25) is 6.41 Å². The molecule has 26 heavy (non-hydrogen) atoms. The minimum absolute atomic E-state index is 0.148. The molecule has 0 saturated heterocycles. The highest BCUT2D eigenvalue weighted by Crippen LogP contribution is 2.31. The maximum Gasteiger partial charge on any atom is 0.294 e. The number of hydrogen-bond donors (Lipinski definition) is 2. The smallest absolute Gasteiger partial charge is 0.291 e. The molecule has 3 rings (SSSR count). The number of nitrogens with one attached hydrogen (secondary N) is 2. The van der Waals surface area contributed by atoms with Crippen LogP contribution in [0.1, 0.15) is 5.69 Å². The highest BCUT2D eigenvalue weighted by molar-refractivity contribution is 9.10. The van der Waals surface area contributed by atoms with Gasteiger partial charge in [0.15, 0.2) is 0 Å². The number of carbonyl (C=O) groups is 1. The van der Waals surface area contributed by atoms with Crippen LogP contribution in [0.25, 0.3) is 11.3 Å². The molecule has 0 unspecified atom stereocenters. The molecule has 0 saturated carbocycles. The molecular weight excluding hydrogens is 402 g/mol. The van der Waals surface area contributed by atoms with Gasteiger partial charge in [0.1, 0.15) is 11.4 Å². The first-order valence-corrected chi connectivity index (χ1v) is 8.36. The second-order valence-corrected chi connectivity index (χ2v) is 6.22. The van der Waals surface area contributed by atoms with Gasteiger partial charge in [-0.05, 0) is 41.1 Å². The van der Waals surface area contributed by atoms with E-state index >= 15 is 0 Å². The molecular formula is C17H14BrN5O3. The number of aryl methyl sites for hydroxylation is 1. The first kappa shape index (κ1) is 17.6. The zero-order valence-electron chi connectivity index (χ0n) is 13.6. The number of hydrogen-bond acceptors (Lipinski definition) is 5. The highest BCUT2D eigenvalue weighted by Gasteiger charge is 2.19. The van der Waals surface area contributed by atoms with E-state index in [4.69, 9.17) is 0 Å². The summed E-state index contributed by atoms with van der Waals surface area (Å²) in [5, 5.41) is 19.4. The Hall–Kier alpha value is -3.20. The van der Waals surface area contributed by atoms with Crippen molar-refractivity contribution in [1.82, 2.24) is 10.2 Å². The van der Waals surface area contributed by atoms with Gasteiger partial charge in [-0.1, -0.05) is 24.3 Å². The van der Waals surface area contributed by atoms with Crippen LogP contribution in [-0.2, 0) is 4.79 Å². The Kier molecular flexibility index (Phi) is 4.99. The summed E-state index contributed by atoms with van der Waals surface area (Å²) in [6, 6.07) is 13.2. The molecule has 1 heterocycles. The van der Waals surface area contributed by atoms with Crippen molar-refractivity contribution in [1.29, 1.82) is 0 Å². The molecule has 3 aromatic rings. The third kappa shape index (κ3) is 3.42. The molecule has 9 heteroatoms. The number of anilines is 2. The quantitative estimate of drug-likeness (QED) is 0.359. The van der Waals surface area contributed by atoms with Gasteiger partial charge < -0.3 is 0 Å². The summed E-state index contributed by atoms with van der Waals surface area (Å²) in [5.74, 6) is 0. The van der Waals surface area contributed by atoms with Crippen LogP contribution in [0.4, 0.5) is 17.1 Å². The fourth-order valence-corrected chi connectivity index (χ4v) is 2.85. The Labute approximate surface area is 157 Å². The summed E-state index contributed by atoms with van der Waals surface area (Å²) in [6.07, 6.45) is 0.490. The van der Waals surface area contributed by atoms with Crippen LogP contribution in [0.15, 0.2) is 53.0 Å². The average molecular weight is 416 g/mol. The Morgan fingerprint density at radius 1 is 1.27 bits per heavy atom. The van der Waals surface area contributed by atoms with Gasteiger partial charge in [-0.3, -0.25) is 25.4 Å². The van der Waals surface area contributed by atoms with Gasteiger partial charge >= 0.3 is 0 Å². The van der Waals surface area contributed by atoms with Crippen molar-refractivity contribution in [3.05, 3.63) is 68.8 Å². The predicted molar refractivity (Wildman–Crippen MR) is 102 cm³/mol. The van der Waals surface area contributed by atoms with Crippen molar-refractivity contribution in [2.24, 2.45) is 0 Å². The molecule has 0 aliphatic carbocycles. The number of aromatic nitrogens is 2. The first-order chi connectivity index (χ1) is 12.5. The van der Waals surface area contributed by atoms with E-state index in [1.165, 1.54) is 12.1 Å². The van der Waals surface area contributed by atoms with E-state index in [2.05, 4.69) is 31.6 Å². The summed E-state index contributed by atoms with van der Waals surface area (Å²) < 4.78 is 0.848. The zero-order valence-corrected chi connectivity index (χ0v) is 15.2. The number of nitro groups is 1. The van der Waals surface area contributed by atoms with E-state index in [9.17, 15) is 14.9 Å². The van der Waals surface area contributed by atoms with Crippen molar-refractivity contribution in [3.8, 4) is 11.3 Å². The Morgan fingerprint density at radius 2 is 2.04 bits per heavy atom. The lowest BCUT2D eigenvalue weighted by Gasteiger charge is -2.19. The van der Waals surface area contributed by atoms with Crippen LogP contribution in [0.3, 0.4) is 0 Å². The SMILES string of the molecule is Cc1[nH]nc(-c2cccc(NN(C=O)c3ccccc3[N+](=O)[O-])c2)c1Br. The van der Waals surface area contributed by atoms with Crippen LogP contribution in [-0.4, -0.2) is 21.5 Å². The third-order valence-corrected chi connectivity index (χ3v) is 4.67. The average Bonchev–Trinajstić information content (AvgIpc) is 2.99. The van der Waals surface area contributed by atoms with Gasteiger partial charge in [0, 0.05) is 17.3 Å². The van der Waals surface area contributed by atoms with Gasteiger partial charge in [-0.25, -0.2) is 5.01 Å². The molecule has 0 radical (unpaired) electrons. The van der Waals surface area contributed by atoms with Gasteiger partial charge in [0.05, 0.1) is 15.1 Å². The Balaban J connectivity index is 1.93. The van der Waals surface area contributed by atoms with Crippen LogP contribution in [0.2, 0.25) is 0 Å². The van der Waals surface area contributed by atoms with Crippen molar-refractivity contribution in [2.75, 3.05) is 10.4 Å². The number of nitro benzene ring substituents is 1. The van der Waals surface area contributed by atoms with E-state index in [1.54, 1.807) is 30.3 Å². The molecule has 2 aromatic carbocycles. The molecule has 0 bridgehead atoms. The fraction of sp³-hybridized carbons (Fsp3) is 0.0588. The molecule has 0 fully saturated rings. The van der Waals surface area contributed by atoms with E-state index in [-0.39, 0.29) is 11.4 Å². The van der Waals surface area contributed by atoms with E-state index in [0.29, 0.717) is 12.1 Å². The largest absolute Gasteiger partial charge is 0.294 e. The first-order valence-electron chi connectivity index (χ1n) is 7.56. The second-order valence-electron chi connectivity index (χ2n) is 5.43. The maximum absolute atomic E-state index is 11.5. The van der Waals surface area contributed by atoms with Gasteiger partial charge in [0.25, 0.3) is 5.69 Å². The number of hydrazine groups is 1. The number of aromatic amines is 1. The molecule has 0 spiro atoms. The predicted octanol–water partition coefficient (Wildman–Crippen LogP) is 4.05. The molecule has 2 N–H and O–H groups in total. The highest BCUT2D eigenvalue weighted by atomic mass is 79.9. The molecule has 0 atom stereocenters. The molecule has 1 aromatic heterocycles. The Bertz CT molecular complexity index is 973. The number of H-pyrrole nitrogens is 1. The van der Waals surface area contributed by atoms with Crippen LogP contribution < -0.4 is 10.4 Å².